The van der Waals surface area contributed by atoms with E-state index < -0.39 is 67.0 Å². The molecule has 0 radical (unpaired) electrons. The van der Waals surface area contributed by atoms with Gasteiger partial charge in [0.15, 0.2) is 0 Å². The van der Waals surface area contributed by atoms with Crippen LogP contribution >= 0.6 is 0 Å². The minimum atomic E-state index is -4.56. The van der Waals surface area contributed by atoms with Gasteiger partial charge in [-0.15, -0.1) is 0 Å². The average molecular weight is 710 g/mol. The fourth-order valence-electron chi connectivity index (χ4n) is 4.22. The largest absolute Gasteiger partial charge is 0.461 e. The number of carbonyl (C=O) groups excluding carboxylic acids is 2. The lowest BCUT2D eigenvalue weighted by Gasteiger charge is -2.33. The molecule has 0 aliphatic rings. The van der Waals surface area contributed by atoms with E-state index in [9.17, 15) is 35.9 Å². The third kappa shape index (κ3) is 17.2. The van der Waals surface area contributed by atoms with Crippen LogP contribution in [0.3, 0.4) is 0 Å². The smallest absolute Gasteiger partial charge is 0.411 e. The molecule has 9 nitrogen and oxygen atoms in total. The zero-order valence-corrected chi connectivity index (χ0v) is 28.3. The summed E-state index contributed by atoms with van der Waals surface area (Å²) in [6, 6.07) is 12.5. The second-order valence-corrected chi connectivity index (χ2v) is 13.6. The Morgan fingerprint density at radius 3 is 1.20 bits per heavy atom. The molecule has 0 aromatic heterocycles. The van der Waals surface area contributed by atoms with Crippen molar-refractivity contribution in [3.63, 3.8) is 0 Å². The van der Waals surface area contributed by atoms with Gasteiger partial charge in [0.05, 0.1) is 50.8 Å². The van der Waals surface area contributed by atoms with Gasteiger partial charge in [0.25, 0.3) is 0 Å². The number of benzene rings is 2. The van der Waals surface area contributed by atoms with Crippen molar-refractivity contribution in [2.24, 2.45) is 16.2 Å². The number of nitrogen functional groups attached to an aromatic ring is 1. The van der Waals surface area contributed by atoms with E-state index in [1.807, 2.05) is 6.92 Å². The Morgan fingerprint density at radius 2 is 0.857 bits per heavy atom. The summed E-state index contributed by atoms with van der Waals surface area (Å²) in [5.41, 5.74) is 4.47. The van der Waals surface area contributed by atoms with Gasteiger partial charge in [-0.25, -0.2) is 9.59 Å². The molecule has 2 unspecified atom stereocenters. The van der Waals surface area contributed by atoms with E-state index in [0.717, 1.165) is 5.56 Å². The molecule has 15 heteroatoms. The SMILES string of the molecule is Cc1ccc(C(=O)OCC(C)(COCC(F)(F)F)COCC(C)(C)COCC(C)(COCC(F)(F)F)COC(=O)c2ccc(N)cc2)cc1. The van der Waals surface area contributed by atoms with Crippen LogP contribution in [0.15, 0.2) is 48.5 Å². The number of hydrogen-bond donors (Lipinski definition) is 1. The number of esters is 2. The lowest BCUT2D eigenvalue weighted by atomic mass is 9.92. The van der Waals surface area contributed by atoms with Gasteiger partial charge in [-0.1, -0.05) is 45.4 Å². The highest BCUT2D eigenvalue weighted by atomic mass is 19.4. The van der Waals surface area contributed by atoms with E-state index in [1.165, 1.54) is 24.3 Å². The molecule has 276 valence electrons. The fraction of sp³-hybridized carbons (Fsp3) is 0.588. The summed E-state index contributed by atoms with van der Waals surface area (Å²) in [7, 11) is 0. The van der Waals surface area contributed by atoms with Crippen molar-refractivity contribution in [3.05, 3.63) is 65.2 Å². The van der Waals surface area contributed by atoms with Crippen LogP contribution in [0.4, 0.5) is 32.0 Å². The highest BCUT2D eigenvalue weighted by Gasteiger charge is 2.35. The number of hydrogen-bond acceptors (Lipinski definition) is 9. The zero-order chi connectivity index (χ0) is 36.9. The van der Waals surface area contributed by atoms with Crippen LogP contribution in [0.25, 0.3) is 0 Å². The molecule has 0 saturated heterocycles. The van der Waals surface area contributed by atoms with Crippen LogP contribution < -0.4 is 5.73 Å². The van der Waals surface area contributed by atoms with Crippen molar-refractivity contribution in [2.45, 2.75) is 47.0 Å². The van der Waals surface area contributed by atoms with Crippen LogP contribution in [0.1, 0.15) is 54.0 Å². The van der Waals surface area contributed by atoms with Crippen LogP contribution in [-0.2, 0) is 28.4 Å². The van der Waals surface area contributed by atoms with Gasteiger partial charge >= 0.3 is 24.3 Å². The average Bonchev–Trinajstić information content (AvgIpc) is 2.98. The molecule has 0 spiro atoms. The minimum Gasteiger partial charge on any atom is -0.461 e. The first-order valence-corrected chi connectivity index (χ1v) is 15.3. The van der Waals surface area contributed by atoms with E-state index >= 15 is 0 Å². The predicted octanol–water partition coefficient (Wildman–Crippen LogP) is 6.82. The molecule has 0 bridgehead atoms. The van der Waals surface area contributed by atoms with Crippen LogP contribution in [0.5, 0.6) is 0 Å². The van der Waals surface area contributed by atoms with Crippen molar-refractivity contribution in [3.8, 4) is 0 Å². The van der Waals surface area contributed by atoms with Crippen LogP contribution in [0, 0.1) is 23.2 Å². The Morgan fingerprint density at radius 1 is 0.531 bits per heavy atom. The molecule has 0 fully saturated rings. The number of alkyl halides is 6. The van der Waals surface area contributed by atoms with E-state index in [0.29, 0.717) is 5.69 Å². The fourth-order valence-corrected chi connectivity index (χ4v) is 4.22. The van der Waals surface area contributed by atoms with Crippen LogP contribution in [-0.4, -0.2) is 90.4 Å². The molecule has 0 heterocycles. The Bertz CT molecular complexity index is 1220. The Kier molecular flexibility index (Phi) is 15.4. The zero-order valence-electron chi connectivity index (χ0n) is 28.3. The summed E-state index contributed by atoms with van der Waals surface area (Å²) in [4.78, 5) is 25.1. The first kappa shape index (κ1) is 41.8. The monoisotopic (exact) mass is 709 g/mol. The van der Waals surface area contributed by atoms with Crippen molar-refractivity contribution in [2.75, 3.05) is 71.8 Å². The van der Waals surface area contributed by atoms with E-state index in [2.05, 4.69) is 0 Å². The number of anilines is 1. The molecular weight excluding hydrogens is 664 g/mol. The standard InChI is InChI=1S/C34H45F6NO8/c1-24-6-8-25(9-7-24)28(42)48-20-31(4,18-46-22-33(35,36)37)16-44-14-30(2,3)15-45-17-32(5,19-47-23-34(38,39)40)21-49-29(43)26-10-12-27(41)13-11-26/h6-13H,14-23,41H2,1-5H3. The van der Waals surface area contributed by atoms with E-state index in [4.69, 9.17) is 34.2 Å². The van der Waals surface area contributed by atoms with Gasteiger partial charge in [-0.2, -0.15) is 26.3 Å². The van der Waals surface area contributed by atoms with Crippen molar-refractivity contribution < 1.29 is 64.4 Å². The predicted molar refractivity (Wildman–Crippen MR) is 168 cm³/mol. The summed E-state index contributed by atoms with van der Waals surface area (Å²) in [5, 5.41) is 0. The summed E-state index contributed by atoms with van der Waals surface area (Å²) in [6.07, 6.45) is -9.12. The second kappa shape index (κ2) is 18.0. The van der Waals surface area contributed by atoms with Gasteiger partial charge in [0, 0.05) is 21.9 Å². The van der Waals surface area contributed by atoms with E-state index in [-0.39, 0.29) is 50.8 Å². The number of carbonyl (C=O) groups is 2. The molecule has 0 aliphatic heterocycles. The summed E-state index contributed by atoms with van der Waals surface area (Å²) >= 11 is 0. The molecule has 2 aromatic rings. The normalized spacial score (nSPS) is 14.9. The maximum absolute atomic E-state index is 12.8. The molecule has 0 saturated carbocycles. The number of halogens is 6. The minimum absolute atomic E-state index is 0.0392. The molecule has 2 rings (SSSR count). The molecule has 2 aromatic carbocycles. The third-order valence-electron chi connectivity index (χ3n) is 6.86. The number of rotatable bonds is 20. The maximum atomic E-state index is 12.8. The van der Waals surface area contributed by atoms with Gasteiger partial charge in [0.2, 0.25) is 0 Å². The summed E-state index contributed by atoms with van der Waals surface area (Å²) in [5.74, 6) is -1.36. The Balaban J connectivity index is 1.98. The Hall–Kier alpha value is -3.40. The van der Waals surface area contributed by atoms with Gasteiger partial charge in [-0.05, 0) is 43.3 Å². The third-order valence-corrected chi connectivity index (χ3v) is 6.86. The van der Waals surface area contributed by atoms with Gasteiger partial charge in [0.1, 0.15) is 26.4 Å². The molecule has 2 N–H and O–H groups in total. The van der Waals surface area contributed by atoms with Crippen molar-refractivity contribution >= 4 is 17.6 Å². The van der Waals surface area contributed by atoms with Crippen LogP contribution in [0.2, 0.25) is 0 Å². The molecule has 2 atom stereocenters. The highest BCUT2D eigenvalue weighted by molar-refractivity contribution is 5.90. The molecule has 0 amide bonds. The maximum Gasteiger partial charge on any atom is 0.411 e. The van der Waals surface area contributed by atoms with Gasteiger partial charge in [-0.3, -0.25) is 0 Å². The summed E-state index contributed by atoms with van der Waals surface area (Å²) < 4.78 is 109. The molecule has 49 heavy (non-hydrogen) atoms. The van der Waals surface area contributed by atoms with Crippen molar-refractivity contribution in [1.29, 1.82) is 0 Å². The Labute approximate surface area is 282 Å². The van der Waals surface area contributed by atoms with E-state index in [1.54, 1.807) is 52.0 Å². The number of aryl methyl sites for hydroxylation is 1. The lowest BCUT2D eigenvalue weighted by Crippen LogP contribution is -2.39. The first-order chi connectivity index (χ1) is 22.6. The second-order valence-electron chi connectivity index (χ2n) is 13.6. The molecular formula is C34H45F6NO8. The number of ether oxygens (including phenoxy) is 6. The van der Waals surface area contributed by atoms with Crippen molar-refractivity contribution in [1.82, 2.24) is 0 Å². The first-order valence-electron chi connectivity index (χ1n) is 15.3. The highest BCUT2D eigenvalue weighted by Crippen LogP contribution is 2.27. The van der Waals surface area contributed by atoms with Gasteiger partial charge < -0.3 is 34.2 Å². The lowest BCUT2D eigenvalue weighted by molar-refractivity contribution is -0.186. The number of nitrogens with two attached hydrogens (primary N) is 1. The topological polar surface area (TPSA) is 116 Å². The summed E-state index contributed by atoms with van der Waals surface area (Å²) in [6.45, 7) is 3.85. The molecule has 0 aliphatic carbocycles. The quantitative estimate of drug-likeness (QED) is 0.0899.